The lowest BCUT2D eigenvalue weighted by atomic mass is 10.2. The molecule has 0 unspecified atom stereocenters. The summed E-state index contributed by atoms with van der Waals surface area (Å²) in [7, 11) is 1.53. The predicted octanol–water partition coefficient (Wildman–Crippen LogP) is 2.51. The number of nitrogens with two attached hydrogens (primary N) is 1. The summed E-state index contributed by atoms with van der Waals surface area (Å²) < 4.78 is 37.4. The van der Waals surface area contributed by atoms with Gasteiger partial charge in [-0.3, -0.25) is 9.69 Å². The number of hydrogen-bond donors (Lipinski definition) is 1. The molecule has 0 aromatic heterocycles. The highest BCUT2D eigenvalue weighted by Gasteiger charge is 2.31. The molecule has 0 saturated heterocycles. The summed E-state index contributed by atoms with van der Waals surface area (Å²) in [5.74, 6) is -0.391. The second kappa shape index (κ2) is 7.31. The molecule has 0 aliphatic rings. The van der Waals surface area contributed by atoms with E-state index in [2.05, 4.69) is 0 Å². The van der Waals surface area contributed by atoms with Crippen molar-refractivity contribution in [2.24, 2.45) is 0 Å². The van der Waals surface area contributed by atoms with Gasteiger partial charge in [0, 0.05) is 18.4 Å². The first-order valence-corrected chi connectivity index (χ1v) is 6.64. The van der Waals surface area contributed by atoms with Crippen LogP contribution in [0.4, 0.5) is 24.5 Å². The van der Waals surface area contributed by atoms with Crippen LogP contribution in [-0.2, 0) is 4.79 Å². The number of alkyl halides is 3. The number of rotatable bonds is 6. The van der Waals surface area contributed by atoms with Crippen LogP contribution in [-0.4, -0.2) is 43.7 Å². The molecule has 1 aromatic carbocycles. The van der Waals surface area contributed by atoms with Crippen molar-refractivity contribution in [3.05, 3.63) is 24.3 Å². The minimum absolute atomic E-state index is 0.223. The number of halogens is 3. The third-order valence-electron chi connectivity index (χ3n) is 2.96. The van der Waals surface area contributed by atoms with Gasteiger partial charge in [0.1, 0.15) is 0 Å². The van der Waals surface area contributed by atoms with E-state index >= 15 is 0 Å². The van der Waals surface area contributed by atoms with Crippen molar-refractivity contribution >= 4 is 17.3 Å². The fraction of sp³-hybridized carbons (Fsp3) is 0.500. The van der Waals surface area contributed by atoms with E-state index < -0.39 is 18.6 Å². The third kappa shape index (κ3) is 6.03. The topological polar surface area (TPSA) is 49.6 Å². The average molecular weight is 303 g/mol. The molecule has 0 aliphatic heterocycles. The van der Waals surface area contributed by atoms with E-state index in [9.17, 15) is 18.0 Å². The zero-order valence-electron chi connectivity index (χ0n) is 12.2. The number of nitrogen functional groups attached to an aromatic ring is 1. The Morgan fingerprint density at radius 2 is 1.81 bits per heavy atom. The first kappa shape index (κ1) is 17.3. The van der Waals surface area contributed by atoms with Gasteiger partial charge in [-0.15, -0.1) is 0 Å². The smallest absolute Gasteiger partial charge is 0.399 e. The molecule has 0 atom stereocenters. The SMILES string of the molecule is CCCN(CC(=O)N(C)c1ccc(N)cc1)CC(F)(F)F. The van der Waals surface area contributed by atoms with Gasteiger partial charge in [0.15, 0.2) is 0 Å². The Balaban J connectivity index is 2.69. The lowest BCUT2D eigenvalue weighted by Crippen LogP contribution is -2.42. The minimum atomic E-state index is -4.31. The van der Waals surface area contributed by atoms with E-state index in [-0.39, 0.29) is 13.1 Å². The molecule has 0 aliphatic carbocycles. The van der Waals surface area contributed by atoms with Gasteiger partial charge in [-0.1, -0.05) is 6.92 Å². The van der Waals surface area contributed by atoms with Gasteiger partial charge in [0.25, 0.3) is 0 Å². The summed E-state index contributed by atoms with van der Waals surface area (Å²) in [6, 6.07) is 6.58. The van der Waals surface area contributed by atoms with E-state index in [0.29, 0.717) is 17.8 Å². The largest absolute Gasteiger partial charge is 0.401 e. The van der Waals surface area contributed by atoms with Crippen molar-refractivity contribution in [1.82, 2.24) is 4.90 Å². The number of likely N-dealkylation sites (N-methyl/N-ethyl adjacent to an activating group) is 1. The molecular weight excluding hydrogens is 283 g/mol. The molecule has 1 rings (SSSR count). The highest BCUT2D eigenvalue weighted by atomic mass is 19.4. The van der Waals surface area contributed by atoms with Gasteiger partial charge in [0.05, 0.1) is 13.1 Å². The molecule has 0 spiro atoms. The summed E-state index contributed by atoms with van der Waals surface area (Å²) in [4.78, 5) is 14.5. The summed E-state index contributed by atoms with van der Waals surface area (Å²) >= 11 is 0. The molecule has 0 radical (unpaired) electrons. The van der Waals surface area contributed by atoms with E-state index in [1.54, 1.807) is 31.2 Å². The maximum atomic E-state index is 12.5. The van der Waals surface area contributed by atoms with Crippen molar-refractivity contribution in [1.29, 1.82) is 0 Å². The van der Waals surface area contributed by atoms with Crippen LogP contribution in [0.15, 0.2) is 24.3 Å². The fourth-order valence-electron chi connectivity index (χ4n) is 1.92. The summed E-state index contributed by atoms with van der Waals surface area (Å²) in [6.45, 7) is 0.648. The first-order valence-electron chi connectivity index (χ1n) is 6.64. The van der Waals surface area contributed by atoms with Crippen molar-refractivity contribution in [3.63, 3.8) is 0 Å². The van der Waals surface area contributed by atoms with Crippen LogP contribution >= 0.6 is 0 Å². The molecule has 1 aromatic rings. The van der Waals surface area contributed by atoms with Crippen LogP contribution in [0.25, 0.3) is 0 Å². The molecule has 118 valence electrons. The standard InChI is InChI=1S/C14H20F3N3O/c1-3-8-20(10-14(15,16)17)9-13(21)19(2)12-6-4-11(18)5-7-12/h4-7H,3,8-10,18H2,1-2H3. The lowest BCUT2D eigenvalue weighted by Gasteiger charge is -2.25. The number of carbonyl (C=O) groups is 1. The zero-order chi connectivity index (χ0) is 16.0. The number of benzene rings is 1. The van der Waals surface area contributed by atoms with Crippen LogP contribution in [0.1, 0.15) is 13.3 Å². The molecule has 7 heteroatoms. The van der Waals surface area contributed by atoms with Crippen molar-refractivity contribution in [2.45, 2.75) is 19.5 Å². The maximum absolute atomic E-state index is 12.5. The second-order valence-corrected chi connectivity index (χ2v) is 4.87. The zero-order valence-corrected chi connectivity index (χ0v) is 12.2. The number of amides is 1. The van der Waals surface area contributed by atoms with Crippen LogP contribution in [0.2, 0.25) is 0 Å². The number of carbonyl (C=O) groups excluding carboxylic acids is 1. The van der Waals surface area contributed by atoms with E-state index in [4.69, 9.17) is 5.73 Å². The monoisotopic (exact) mass is 303 g/mol. The van der Waals surface area contributed by atoms with Gasteiger partial charge in [-0.05, 0) is 37.2 Å². The average Bonchev–Trinajstić information content (AvgIpc) is 2.37. The molecular formula is C14H20F3N3O. The number of hydrogen-bond acceptors (Lipinski definition) is 3. The van der Waals surface area contributed by atoms with Gasteiger partial charge < -0.3 is 10.6 Å². The Kier molecular flexibility index (Phi) is 6.02. The van der Waals surface area contributed by atoms with Gasteiger partial charge in [-0.25, -0.2) is 0 Å². The molecule has 0 saturated carbocycles. The van der Waals surface area contributed by atoms with Gasteiger partial charge in [-0.2, -0.15) is 13.2 Å². The Morgan fingerprint density at radius 3 is 2.29 bits per heavy atom. The van der Waals surface area contributed by atoms with Crippen LogP contribution in [0, 0.1) is 0 Å². The Morgan fingerprint density at radius 1 is 1.24 bits per heavy atom. The maximum Gasteiger partial charge on any atom is 0.401 e. The minimum Gasteiger partial charge on any atom is -0.399 e. The first-order chi connectivity index (χ1) is 9.73. The predicted molar refractivity (Wildman–Crippen MR) is 77.1 cm³/mol. The second-order valence-electron chi connectivity index (χ2n) is 4.87. The van der Waals surface area contributed by atoms with Crippen molar-refractivity contribution < 1.29 is 18.0 Å². The quantitative estimate of drug-likeness (QED) is 0.822. The molecule has 0 fully saturated rings. The Bertz CT molecular complexity index is 460. The van der Waals surface area contributed by atoms with E-state index in [0.717, 1.165) is 4.90 Å². The summed E-state index contributed by atoms with van der Waals surface area (Å²) in [5.41, 5.74) is 6.71. The van der Waals surface area contributed by atoms with Gasteiger partial charge in [0.2, 0.25) is 5.91 Å². The molecule has 4 nitrogen and oxygen atoms in total. The molecule has 0 heterocycles. The third-order valence-corrected chi connectivity index (χ3v) is 2.96. The van der Waals surface area contributed by atoms with Crippen molar-refractivity contribution in [3.8, 4) is 0 Å². The summed E-state index contributed by atoms with van der Waals surface area (Å²) in [5, 5.41) is 0. The normalized spacial score (nSPS) is 11.7. The number of anilines is 2. The molecule has 2 N–H and O–H groups in total. The lowest BCUT2D eigenvalue weighted by molar-refractivity contribution is -0.148. The van der Waals surface area contributed by atoms with Crippen LogP contribution < -0.4 is 10.6 Å². The highest BCUT2D eigenvalue weighted by Crippen LogP contribution is 2.18. The van der Waals surface area contributed by atoms with E-state index in [1.807, 2.05) is 0 Å². The molecule has 21 heavy (non-hydrogen) atoms. The Labute approximate surface area is 122 Å². The van der Waals surface area contributed by atoms with Crippen LogP contribution in [0.3, 0.4) is 0 Å². The summed E-state index contributed by atoms with van der Waals surface area (Å²) in [6.07, 6.45) is -3.76. The number of nitrogens with zero attached hydrogens (tertiary/aromatic N) is 2. The highest BCUT2D eigenvalue weighted by molar-refractivity contribution is 5.94. The Hall–Kier alpha value is -1.76. The van der Waals surface area contributed by atoms with Crippen molar-refractivity contribution in [2.75, 3.05) is 37.3 Å². The molecule has 1 amide bonds. The fourth-order valence-corrected chi connectivity index (χ4v) is 1.92. The van der Waals surface area contributed by atoms with Gasteiger partial charge >= 0.3 is 6.18 Å². The van der Waals surface area contributed by atoms with E-state index in [1.165, 1.54) is 11.9 Å². The van der Waals surface area contributed by atoms with Crippen LogP contribution in [0.5, 0.6) is 0 Å². The molecule has 0 bridgehead atoms.